The lowest BCUT2D eigenvalue weighted by Crippen LogP contribution is -1.94. The van der Waals surface area contributed by atoms with Gasteiger partial charge in [0.1, 0.15) is 5.69 Å². The molecule has 1 N–H and O–H groups in total. The smallest absolute Gasteiger partial charge is 0.280 e. The number of nitrogens with zero attached hydrogens (tertiary/aromatic N) is 2. The van der Waals surface area contributed by atoms with Crippen LogP contribution in [0.2, 0.25) is 10.0 Å². The molecule has 2 aromatic carbocycles. The van der Waals surface area contributed by atoms with E-state index in [1.165, 1.54) is 12.1 Å². The Bertz CT molecular complexity index is 924. The molecule has 0 spiro atoms. The zero-order chi connectivity index (χ0) is 17.3. The van der Waals surface area contributed by atoms with E-state index in [1.807, 2.05) is 0 Å². The fourth-order valence-electron chi connectivity index (χ4n) is 2.39. The topological polar surface area (TPSA) is 89.4 Å². The number of aliphatic hydroxyl groups is 1. The van der Waals surface area contributed by atoms with Crippen molar-refractivity contribution >= 4 is 28.9 Å². The van der Waals surface area contributed by atoms with Crippen LogP contribution in [0.15, 0.2) is 47.0 Å². The monoisotopic (exact) mass is 364 g/mol. The van der Waals surface area contributed by atoms with Crippen molar-refractivity contribution in [1.82, 2.24) is 5.16 Å². The Morgan fingerprint density at radius 2 is 1.92 bits per heavy atom. The maximum Gasteiger partial charge on any atom is 0.280 e. The van der Waals surface area contributed by atoms with E-state index in [1.54, 1.807) is 30.3 Å². The van der Waals surface area contributed by atoms with Crippen molar-refractivity contribution in [3.63, 3.8) is 0 Å². The fourth-order valence-corrected chi connectivity index (χ4v) is 2.88. The Morgan fingerprint density at radius 1 is 1.17 bits per heavy atom. The standard InChI is InChI=1S/C16H10Cl2N2O4/c17-9-5-6-10(13(18)7-9)15-12(8-21)16(24-19-15)11-3-1-2-4-14(11)20(22)23/h1-7,21H,8H2. The highest BCUT2D eigenvalue weighted by Crippen LogP contribution is 2.39. The second-order valence-corrected chi connectivity index (χ2v) is 5.74. The number of rotatable bonds is 4. The molecule has 0 atom stereocenters. The maximum atomic E-state index is 11.2. The van der Waals surface area contributed by atoms with Crippen LogP contribution in [0.1, 0.15) is 5.56 Å². The lowest BCUT2D eigenvalue weighted by molar-refractivity contribution is -0.384. The number of halogens is 2. The van der Waals surface area contributed by atoms with Crippen molar-refractivity contribution in [2.75, 3.05) is 0 Å². The summed E-state index contributed by atoms with van der Waals surface area (Å²) in [6.45, 7) is -0.417. The Morgan fingerprint density at radius 3 is 2.58 bits per heavy atom. The Labute approximate surface area is 146 Å². The number of benzene rings is 2. The molecule has 24 heavy (non-hydrogen) atoms. The van der Waals surface area contributed by atoms with Gasteiger partial charge in [0.15, 0.2) is 5.76 Å². The highest BCUT2D eigenvalue weighted by molar-refractivity contribution is 6.36. The van der Waals surface area contributed by atoms with Gasteiger partial charge in [0.05, 0.1) is 27.7 Å². The fraction of sp³-hybridized carbons (Fsp3) is 0.0625. The zero-order valence-electron chi connectivity index (χ0n) is 12.1. The summed E-state index contributed by atoms with van der Waals surface area (Å²) in [4.78, 5) is 10.7. The molecule has 0 radical (unpaired) electrons. The largest absolute Gasteiger partial charge is 0.391 e. The van der Waals surface area contributed by atoms with Crippen molar-refractivity contribution in [2.24, 2.45) is 0 Å². The molecule has 0 fully saturated rings. The van der Waals surface area contributed by atoms with Gasteiger partial charge in [-0.2, -0.15) is 0 Å². The quantitative estimate of drug-likeness (QED) is 0.534. The first-order valence-electron chi connectivity index (χ1n) is 6.81. The van der Waals surface area contributed by atoms with Crippen molar-refractivity contribution in [2.45, 2.75) is 6.61 Å². The van der Waals surface area contributed by atoms with Gasteiger partial charge < -0.3 is 9.63 Å². The van der Waals surface area contributed by atoms with Crippen molar-refractivity contribution in [3.8, 4) is 22.6 Å². The minimum atomic E-state index is -0.520. The van der Waals surface area contributed by atoms with E-state index in [2.05, 4.69) is 5.16 Å². The molecule has 3 rings (SSSR count). The minimum Gasteiger partial charge on any atom is -0.391 e. The van der Waals surface area contributed by atoms with E-state index in [-0.39, 0.29) is 17.0 Å². The third kappa shape index (κ3) is 2.87. The summed E-state index contributed by atoms with van der Waals surface area (Å²) in [5.41, 5.74) is 1.23. The van der Waals surface area contributed by atoms with Crippen LogP contribution in [0, 0.1) is 10.1 Å². The van der Waals surface area contributed by atoms with Gasteiger partial charge in [-0.05, 0) is 24.3 Å². The first-order valence-corrected chi connectivity index (χ1v) is 7.57. The van der Waals surface area contributed by atoms with Crippen LogP contribution < -0.4 is 0 Å². The Kier molecular flexibility index (Phi) is 4.53. The molecular formula is C16H10Cl2N2O4. The van der Waals surface area contributed by atoms with E-state index in [4.69, 9.17) is 27.7 Å². The van der Waals surface area contributed by atoms with Gasteiger partial charge in [0.2, 0.25) is 0 Å². The number of nitro groups is 1. The number of hydrogen-bond donors (Lipinski definition) is 1. The summed E-state index contributed by atoms with van der Waals surface area (Å²) < 4.78 is 5.30. The molecule has 0 bridgehead atoms. The summed E-state index contributed by atoms with van der Waals surface area (Å²) in [6, 6.07) is 10.9. The molecule has 3 aromatic rings. The minimum absolute atomic E-state index is 0.130. The zero-order valence-corrected chi connectivity index (χ0v) is 13.6. The van der Waals surface area contributed by atoms with E-state index in [0.717, 1.165) is 0 Å². The van der Waals surface area contributed by atoms with Gasteiger partial charge >= 0.3 is 0 Å². The van der Waals surface area contributed by atoms with Crippen LogP contribution in [0.25, 0.3) is 22.6 Å². The predicted molar refractivity (Wildman–Crippen MR) is 90.0 cm³/mol. The van der Waals surface area contributed by atoms with Crippen LogP contribution in [0.4, 0.5) is 5.69 Å². The Hall–Kier alpha value is -2.41. The molecular weight excluding hydrogens is 355 g/mol. The van der Waals surface area contributed by atoms with E-state index in [0.29, 0.717) is 26.9 Å². The summed E-state index contributed by atoms with van der Waals surface area (Å²) in [5.74, 6) is 0.130. The number of aliphatic hydroxyl groups excluding tert-OH is 1. The highest BCUT2D eigenvalue weighted by Gasteiger charge is 2.25. The molecule has 1 aromatic heterocycles. The number of hydrogen-bond acceptors (Lipinski definition) is 5. The second-order valence-electron chi connectivity index (χ2n) is 4.90. The van der Waals surface area contributed by atoms with Crippen LogP contribution >= 0.6 is 23.2 Å². The first-order chi connectivity index (χ1) is 11.5. The third-order valence-corrected chi connectivity index (χ3v) is 4.03. The first kappa shape index (κ1) is 16.4. The molecule has 0 saturated carbocycles. The average molecular weight is 365 g/mol. The Balaban J connectivity index is 2.20. The molecule has 8 heteroatoms. The van der Waals surface area contributed by atoms with Gasteiger partial charge in [0.25, 0.3) is 5.69 Å². The summed E-state index contributed by atoms with van der Waals surface area (Å²) in [5, 5.41) is 25.7. The molecule has 0 aliphatic rings. The molecule has 0 aliphatic carbocycles. The van der Waals surface area contributed by atoms with E-state index < -0.39 is 11.5 Å². The maximum absolute atomic E-state index is 11.2. The lowest BCUT2D eigenvalue weighted by atomic mass is 10.0. The van der Waals surface area contributed by atoms with Crippen molar-refractivity contribution in [1.29, 1.82) is 0 Å². The summed E-state index contributed by atoms with van der Waals surface area (Å²) in [6.07, 6.45) is 0. The van der Waals surface area contributed by atoms with Crippen LogP contribution in [-0.2, 0) is 6.61 Å². The van der Waals surface area contributed by atoms with Gasteiger partial charge in [-0.3, -0.25) is 10.1 Å². The van der Waals surface area contributed by atoms with Crippen molar-refractivity contribution < 1.29 is 14.6 Å². The molecule has 0 saturated heterocycles. The van der Waals surface area contributed by atoms with Gasteiger partial charge in [-0.25, -0.2) is 0 Å². The molecule has 122 valence electrons. The third-order valence-electron chi connectivity index (χ3n) is 3.48. The molecule has 1 heterocycles. The van der Waals surface area contributed by atoms with Gasteiger partial charge in [0, 0.05) is 16.7 Å². The lowest BCUT2D eigenvalue weighted by Gasteiger charge is -2.04. The number of aromatic nitrogens is 1. The van der Waals surface area contributed by atoms with Crippen molar-refractivity contribution in [3.05, 3.63) is 68.2 Å². The van der Waals surface area contributed by atoms with E-state index >= 15 is 0 Å². The molecule has 0 amide bonds. The normalized spacial score (nSPS) is 10.8. The average Bonchev–Trinajstić information content (AvgIpc) is 2.98. The van der Waals surface area contributed by atoms with Crippen LogP contribution in [0.5, 0.6) is 0 Å². The van der Waals surface area contributed by atoms with Gasteiger partial charge in [-0.15, -0.1) is 0 Å². The van der Waals surface area contributed by atoms with Crippen LogP contribution in [0.3, 0.4) is 0 Å². The van der Waals surface area contributed by atoms with Crippen LogP contribution in [-0.4, -0.2) is 15.2 Å². The summed E-state index contributed by atoms with van der Waals surface area (Å²) in [7, 11) is 0. The number of para-hydroxylation sites is 1. The highest BCUT2D eigenvalue weighted by atomic mass is 35.5. The molecule has 0 aliphatic heterocycles. The molecule has 6 nitrogen and oxygen atoms in total. The predicted octanol–water partition coefficient (Wildman–Crippen LogP) is 4.72. The summed E-state index contributed by atoms with van der Waals surface area (Å²) >= 11 is 12.1. The van der Waals surface area contributed by atoms with Gasteiger partial charge in [-0.1, -0.05) is 40.5 Å². The SMILES string of the molecule is O=[N+]([O-])c1ccccc1-c1onc(-c2ccc(Cl)cc2Cl)c1CO. The second kappa shape index (κ2) is 6.60. The molecule has 0 unspecified atom stereocenters. The number of nitro benzene ring substituents is 1. The van der Waals surface area contributed by atoms with E-state index in [9.17, 15) is 15.2 Å².